The van der Waals surface area contributed by atoms with E-state index in [9.17, 15) is 9.18 Å². The monoisotopic (exact) mass is 239 g/mol. The third-order valence-corrected chi connectivity index (χ3v) is 2.59. The quantitative estimate of drug-likeness (QED) is 0.800. The molecule has 0 aliphatic carbocycles. The zero-order valence-electron chi connectivity index (χ0n) is 9.13. The van der Waals surface area contributed by atoms with Gasteiger partial charge in [-0.05, 0) is 24.1 Å². The van der Waals surface area contributed by atoms with Crippen LogP contribution in [0.3, 0.4) is 0 Å². The Labute approximate surface area is 99.9 Å². The van der Waals surface area contributed by atoms with Crippen LogP contribution in [0.5, 0.6) is 0 Å². The number of hydrogen-bond donors (Lipinski definition) is 1. The molecule has 1 N–H and O–H groups in total. The van der Waals surface area contributed by atoms with E-state index in [-0.39, 0.29) is 18.1 Å². The van der Waals surface area contributed by atoms with E-state index >= 15 is 0 Å². The van der Waals surface area contributed by atoms with Crippen LogP contribution in [0.15, 0.2) is 24.3 Å². The molecule has 0 heterocycles. The molecular weight excluding hydrogens is 225 g/mol. The lowest BCUT2D eigenvalue weighted by Gasteiger charge is -2.05. The van der Waals surface area contributed by atoms with Crippen LogP contribution in [0.4, 0.5) is 4.39 Å². The molecule has 1 rings (SSSR count). The Balaban J connectivity index is 2.37. The van der Waals surface area contributed by atoms with E-state index in [1.807, 2.05) is 6.92 Å². The zero-order chi connectivity index (χ0) is 12.0. The molecule has 0 aliphatic rings. The first kappa shape index (κ1) is 12.8. The Hall–Kier alpha value is -1.29. The van der Waals surface area contributed by atoms with E-state index in [1.165, 1.54) is 12.1 Å². The maximum Gasteiger partial charge on any atom is 0.225 e. The second-order valence-corrected chi connectivity index (χ2v) is 4.05. The third kappa shape index (κ3) is 4.49. The summed E-state index contributed by atoms with van der Waals surface area (Å²) in [5.74, 6) is -0.363. The minimum absolute atomic E-state index is 0.0869. The van der Waals surface area contributed by atoms with E-state index in [2.05, 4.69) is 5.32 Å². The Morgan fingerprint density at radius 2 is 2.00 bits per heavy atom. The lowest BCUT2D eigenvalue weighted by molar-refractivity contribution is -0.120. The van der Waals surface area contributed by atoms with Gasteiger partial charge in [-0.15, -0.1) is 0 Å². The first-order valence-electron chi connectivity index (χ1n) is 5.14. The fraction of sp³-hybridized carbons (Fsp3) is 0.333. The zero-order valence-corrected chi connectivity index (χ0v) is 9.94. The average Bonchev–Trinajstić information content (AvgIpc) is 2.28. The minimum Gasteiger partial charge on any atom is -0.352 e. The highest BCUT2D eigenvalue weighted by Crippen LogP contribution is 2.02. The summed E-state index contributed by atoms with van der Waals surface area (Å²) in [6.45, 7) is 2.33. The summed E-state index contributed by atoms with van der Waals surface area (Å²) in [7, 11) is 0. The molecule has 0 saturated heterocycles. The average molecular weight is 239 g/mol. The van der Waals surface area contributed by atoms with Gasteiger partial charge in [-0.3, -0.25) is 4.79 Å². The van der Waals surface area contributed by atoms with Crippen molar-refractivity contribution < 1.29 is 9.18 Å². The summed E-state index contributed by atoms with van der Waals surface area (Å²) in [5, 5.41) is 2.73. The molecule has 1 aromatic rings. The number of benzene rings is 1. The first-order valence-corrected chi connectivity index (χ1v) is 5.55. The molecule has 1 amide bonds. The van der Waals surface area contributed by atoms with Gasteiger partial charge >= 0.3 is 0 Å². The van der Waals surface area contributed by atoms with Gasteiger partial charge in [0.1, 0.15) is 5.82 Å². The van der Waals surface area contributed by atoms with E-state index < -0.39 is 0 Å². The molecule has 0 saturated carbocycles. The molecule has 0 unspecified atom stereocenters. The summed E-state index contributed by atoms with van der Waals surface area (Å²) in [4.78, 5) is 12.1. The number of thiocarbonyl (C=S) groups is 1. The topological polar surface area (TPSA) is 29.1 Å². The van der Waals surface area contributed by atoms with Gasteiger partial charge in [-0.2, -0.15) is 0 Å². The smallest absolute Gasteiger partial charge is 0.225 e. The van der Waals surface area contributed by atoms with Crippen LogP contribution in [0.1, 0.15) is 25.3 Å². The lowest BCUT2D eigenvalue weighted by atomic mass is 10.2. The van der Waals surface area contributed by atoms with Gasteiger partial charge in [0.05, 0.1) is 6.42 Å². The largest absolute Gasteiger partial charge is 0.352 e. The van der Waals surface area contributed by atoms with Crippen molar-refractivity contribution in [1.82, 2.24) is 5.32 Å². The normalized spacial score (nSPS) is 9.88. The van der Waals surface area contributed by atoms with Crippen molar-refractivity contribution in [2.45, 2.75) is 26.3 Å². The van der Waals surface area contributed by atoms with Gasteiger partial charge < -0.3 is 5.32 Å². The number of nitrogens with one attached hydrogen (secondary N) is 1. The van der Waals surface area contributed by atoms with Crippen molar-refractivity contribution >= 4 is 23.0 Å². The Morgan fingerprint density at radius 3 is 2.56 bits per heavy atom. The standard InChI is InChI=1S/C12H14FNOS/c1-2-11(16)7-12(15)14-8-9-3-5-10(13)6-4-9/h3-6H,2,7-8H2,1H3,(H,14,15). The van der Waals surface area contributed by atoms with Crippen LogP contribution < -0.4 is 5.32 Å². The van der Waals surface area contributed by atoms with Crippen LogP contribution in [-0.4, -0.2) is 10.8 Å². The number of halogens is 1. The van der Waals surface area contributed by atoms with Crippen LogP contribution in [0.2, 0.25) is 0 Å². The van der Waals surface area contributed by atoms with E-state index in [0.717, 1.165) is 16.8 Å². The molecule has 0 aliphatic heterocycles. The molecule has 1 aromatic carbocycles. The maximum absolute atomic E-state index is 12.6. The van der Waals surface area contributed by atoms with E-state index in [4.69, 9.17) is 12.2 Å². The number of rotatable bonds is 5. The van der Waals surface area contributed by atoms with Gasteiger partial charge in [0, 0.05) is 11.4 Å². The highest BCUT2D eigenvalue weighted by molar-refractivity contribution is 7.80. The SMILES string of the molecule is CCC(=S)CC(=O)NCc1ccc(F)cc1. The number of carbonyl (C=O) groups is 1. The van der Waals surface area contributed by atoms with Crippen LogP contribution >= 0.6 is 12.2 Å². The molecule has 0 bridgehead atoms. The summed E-state index contributed by atoms with van der Waals surface area (Å²) >= 11 is 4.97. The third-order valence-electron chi connectivity index (χ3n) is 2.16. The molecular formula is C12H14FNOS. The highest BCUT2D eigenvalue weighted by Gasteiger charge is 2.03. The summed E-state index contributed by atoms with van der Waals surface area (Å²) in [6.07, 6.45) is 1.02. The number of amides is 1. The summed E-state index contributed by atoms with van der Waals surface area (Å²) < 4.78 is 12.6. The van der Waals surface area contributed by atoms with Gasteiger partial charge in [0.25, 0.3) is 0 Å². The molecule has 2 nitrogen and oxygen atoms in total. The van der Waals surface area contributed by atoms with Crippen LogP contribution in [0, 0.1) is 5.82 Å². The summed E-state index contributed by atoms with van der Waals surface area (Å²) in [5.41, 5.74) is 0.872. The van der Waals surface area contributed by atoms with Gasteiger partial charge in [-0.1, -0.05) is 31.3 Å². The number of carbonyl (C=O) groups excluding carboxylic acids is 1. The molecule has 4 heteroatoms. The van der Waals surface area contributed by atoms with Crippen LogP contribution in [-0.2, 0) is 11.3 Å². The van der Waals surface area contributed by atoms with Crippen molar-refractivity contribution in [2.24, 2.45) is 0 Å². The van der Waals surface area contributed by atoms with Crippen molar-refractivity contribution in [1.29, 1.82) is 0 Å². The van der Waals surface area contributed by atoms with Gasteiger partial charge in [-0.25, -0.2) is 4.39 Å². The van der Waals surface area contributed by atoms with E-state index in [1.54, 1.807) is 12.1 Å². The highest BCUT2D eigenvalue weighted by atomic mass is 32.1. The molecule has 0 radical (unpaired) electrons. The predicted octanol–water partition coefficient (Wildman–Crippen LogP) is 2.61. The second kappa shape index (κ2) is 6.33. The van der Waals surface area contributed by atoms with E-state index in [0.29, 0.717) is 6.54 Å². The number of hydrogen-bond acceptors (Lipinski definition) is 2. The molecule has 16 heavy (non-hydrogen) atoms. The van der Waals surface area contributed by atoms with Gasteiger partial charge in [0.2, 0.25) is 5.91 Å². The summed E-state index contributed by atoms with van der Waals surface area (Å²) in [6, 6.07) is 6.04. The fourth-order valence-corrected chi connectivity index (χ4v) is 1.30. The molecule has 0 spiro atoms. The Bertz CT molecular complexity index is 375. The van der Waals surface area contributed by atoms with Crippen molar-refractivity contribution in [3.63, 3.8) is 0 Å². The molecule has 0 aromatic heterocycles. The van der Waals surface area contributed by atoms with Crippen LogP contribution in [0.25, 0.3) is 0 Å². The lowest BCUT2D eigenvalue weighted by Crippen LogP contribution is -2.24. The maximum atomic E-state index is 12.6. The Morgan fingerprint density at radius 1 is 1.38 bits per heavy atom. The van der Waals surface area contributed by atoms with Crippen molar-refractivity contribution in [3.05, 3.63) is 35.6 Å². The molecule has 0 atom stereocenters. The second-order valence-electron chi connectivity index (χ2n) is 3.47. The minimum atomic E-state index is -0.276. The van der Waals surface area contributed by atoms with Crippen molar-refractivity contribution in [2.75, 3.05) is 0 Å². The fourth-order valence-electron chi connectivity index (χ4n) is 1.17. The van der Waals surface area contributed by atoms with Crippen molar-refractivity contribution in [3.8, 4) is 0 Å². The Kier molecular flexibility index (Phi) is 5.05. The molecule has 0 fully saturated rings. The molecule has 86 valence electrons. The van der Waals surface area contributed by atoms with Gasteiger partial charge in [0.15, 0.2) is 0 Å². The predicted molar refractivity (Wildman–Crippen MR) is 65.8 cm³/mol. The first-order chi connectivity index (χ1) is 7.61.